The maximum absolute atomic E-state index is 14.6. The van der Waals surface area contributed by atoms with Crippen LogP contribution in [0.4, 0.5) is 8.78 Å². The molecule has 0 spiro atoms. The topological polar surface area (TPSA) is 45.6 Å². The SMILES string of the molecule is O=C(c1cc(-c2ccccc2)nc2ccccc12)N1N=C2/C(=C/c3ccc(F)cc3)CCCC2C1c1ccc(F)cc1. The number of allylic oxidation sites excluding steroid dienone is 1. The van der Waals surface area contributed by atoms with Crippen LogP contribution in [0, 0.1) is 17.6 Å². The number of rotatable bonds is 4. The number of hydrazone groups is 1. The Morgan fingerprint density at radius 2 is 1.52 bits per heavy atom. The number of para-hydroxylation sites is 1. The van der Waals surface area contributed by atoms with E-state index in [0.29, 0.717) is 11.3 Å². The Morgan fingerprint density at radius 3 is 2.29 bits per heavy atom. The molecular weight excluding hydrogens is 528 g/mol. The highest BCUT2D eigenvalue weighted by molar-refractivity contribution is 6.12. The Hall–Kier alpha value is -4.97. The molecule has 2 heterocycles. The summed E-state index contributed by atoms with van der Waals surface area (Å²) < 4.78 is 27.6. The van der Waals surface area contributed by atoms with Gasteiger partial charge in [0.25, 0.3) is 5.91 Å². The predicted molar refractivity (Wildman–Crippen MR) is 162 cm³/mol. The summed E-state index contributed by atoms with van der Waals surface area (Å²) in [6.07, 6.45) is 4.61. The Balaban J connectivity index is 1.37. The molecule has 2 aliphatic rings. The smallest absolute Gasteiger partial charge is 0.267 e. The maximum Gasteiger partial charge on any atom is 0.275 e. The molecular formula is C36H27F2N3O. The summed E-state index contributed by atoms with van der Waals surface area (Å²) in [5.41, 5.74) is 6.46. The highest BCUT2D eigenvalue weighted by Crippen LogP contribution is 2.45. The predicted octanol–water partition coefficient (Wildman–Crippen LogP) is 8.62. The second-order valence-electron chi connectivity index (χ2n) is 10.8. The van der Waals surface area contributed by atoms with Gasteiger partial charge in [-0.2, -0.15) is 5.10 Å². The lowest BCUT2D eigenvalue weighted by molar-refractivity contribution is 0.0683. The number of halogens is 2. The van der Waals surface area contributed by atoms with E-state index in [4.69, 9.17) is 10.1 Å². The van der Waals surface area contributed by atoms with Gasteiger partial charge in [-0.1, -0.05) is 72.8 Å². The Morgan fingerprint density at radius 1 is 0.833 bits per heavy atom. The van der Waals surface area contributed by atoms with Crippen molar-refractivity contribution in [3.63, 3.8) is 0 Å². The van der Waals surface area contributed by atoms with Crippen LogP contribution in [0.15, 0.2) is 120 Å². The lowest BCUT2D eigenvalue weighted by Gasteiger charge is -2.30. The van der Waals surface area contributed by atoms with Crippen LogP contribution in [0.2, 0.25) is 0 Å². The molecule has 0 N–H and O–H groups in total. The number of hydrogen-bond acceptors (Lipinski definition) is 3. The fourth-order valence-electron chi connectivity index (χ4n) is 6.15. The number of pyridine rings is 1. The number of aromatic nitrogens is 1. The average molecular weight is 556 g/mol. The highest BCUT2D eigenvalue weighted by Gasteiger charge is 2.44. The van der Waals surface area contributed by atoms with E-state index >= 15 is 0 Å². The molecule has 2 unspecified atom stereocenters. The van der Waals surface area contributed by atoms with Crippen molar-refractivity contribution in [2.75, 3.05) is 0 Å². The monoisotopic (exact) mass is 555 g/mol. The van der Waals surface area contributed by atoms with Crippen LogP contribution in [0.1, 0.15) is 46.8 Å². The van der Waals surface area contributed by atoms with Crippen molar-refractivity contribution in [1.82, 2.24) is 9.99 Å². The van der Waals surface area contributed by atoms with Gasteiger partial charge in [-0.15, -0.1) is 0 Å². The van der Waals surface area contributed by atoms with Gasteiger partial charge in [-0.25, -0.2) is 18.8 Å². The number of benzene rings is 4. The highest BCUT2D eigenvalue weighted by atomic mass is 19.1. The van der Waals surface area contributed by atoms with E-state index in [1.54, 1.807) is 29.3 Å². The average Bonchev–Trinajstić information content (AvgIpc) is 3.43. The van der Waals surface area contributed by atoms with E-state index in [-0.39, 0.29) is 23.5 Å². The van der Waals surface area contributed by atoms with Crippen molar-refractivity contribution >= 4 is 28.6 Å². The minimum absolute atomic E-state index is 0.0541. The Labute approximate surface area is 242 Å². The van der Waals surface area contributed by atoms with E-state index in [9.17, 15) is 13.6 Å². The molecule has 0 bridgehead atoms. The molecule has 4 nitrogen and oxygen atoms in total. The van der Waals surface area contributed by atoms with Gasteiger partial charge in [0.2, 0.25) is 0 Å². The normalized spacial score (nSPS) is 19.1. The van der Waals surface area contributed by atoms with Crippen molar-refractivity contribution in [2.24, 2.45) is 11.0 Å². The number of carbonyl (C=O) groups excluding carboxylic acids is 1. The number of amides is 1. The van der Waals surface area contributed by atoms with Crippen LogP contribution in [-0.2, 0) is 0 Å². The van der Waals surface area contributed by atoms with E-state index < -0.39 is 6.04 Å². The molecule has 206 valence electrons. The van der Waals surface area contributed by atoms with Crippen molar-refractivity contribution in [3.05, 3.63) is 143 Å². The molecule has 1 amide bonds. The molecule has 4 aromatic carbocycles. The zero-order valence-electron chi connectivity index (χ0n) is 22.8. The van der Waals surface area contributed by atoms with E-state index in [1.807, 2.05) is 66.7 Å². The van der Waals surface area contributed by atoms with Gasteiger partial charge < -0.3 is 0 Å². The standard InChI is InChI=1S/C36H27F2N3O/c37-27-17-13-23(14-18-27)21-26-9-6-11-30-34(26)40-41(35(30)25-15-19-28(38)20-16-25)36(42)31-22-33(24-7-2-1-3-8-24)39-32-12-5-4-10-29(31)32/h1-5,7-8,10,12-22,30,35H,6,9,11H2/b26-21+. The first-order chi connectivity index (χ1) is 20.5. The van der Waals surface area contributed by atoms with Gasteiger partial charge in [-0.3, -0.25) is 4.79 Å². The van der Waals surface area contributed by atoms with Gasteiger partial charge in [0, 0.05) is 16.9 Å². The molecule has 6 heteroatoms. The van der Waals surface area contributed by atoms with Crippen LogP contribution < -0.4 is 0 Å². The molecule has 7 rings (SSSR count). The third-order valence-electron chi connectivity index (χ3n) is 8.15. The van der Waals surface area contributed by atoms with Gasteiger partial charge >= 0.3 is 0 Å². The van der Waals surface area contributed by atoms with Gasteiger partial charge in [0.1, 0.15) is 11.6 Å². The summed E-state index contributed by atoms with van der Waals surface area (Å²) >= 11 is 0. The van der Waals surface area contributed by atoms with Crippen molar-refractivity contribution in [3.8, 4) is 11.3 Å². The van der Waals surface area contributed by atoms with E-state index in [0.717, 1.165) is 58.1 Å². The summed E-state index contributed by atoms with van der Waals surface area (Å²) in [4.78, 5) is 19.5. The van der Waals surface area contributed by atoms with Crippen molar-refractivity contribution < 1.29 is 13.6 Å². The fraction of sp³-hybridized carbons (Fsp3) is 0.139. The van der Waals surface area contributed by atoms with Gasteiger partial charge in [0.05, 0.1) is 28.5 Å². The largest absolute Gasteiger partial charge is 0.275 e. The Bertz CT molecular complexity index is 1850. The van der Waals surface area contributed by atoms with Crippen LogP contribution >= 0.6 is 0 Å². The molecule has 1 aliphatic carbocycles. The first kappa shape index (κ1) is 26.0. The number of fused-ring (bicyclic) bond motifs is 2. The number of carbonyl (C=O) groups is 1. The summed E-state index contributed by atoms with van der Waals surface area (Å²) in [6.45, 7) is 0. The third-order valence-corrected chi connectivity index (χ3v) is 8.15. The molecule has 42 heavy (non-hydrogen) atoms. The molecule has 1 saturated carbocycles. The molecule has 1 fully saturated rings. The van der Waals surface area contributed by atoms with Gasteiger partial charge in [0.15, 0.2) is 0 Å². The van der Waals surface area contributed by atoms with Crippen molar-refractivity contribution in [1.29, 1.82) is 0 Å². The Kier molecular flexibility index (Phi) is 6.67. The van der Waals surface area contributed by atoms with Crippen LogP contribution in [0.3, 0.4) is 0 Å². The number of hydrogen-bond donors (Lipinski definition) is 0. The lowest BCUT2D eigenvalue weighted by atomic mass is 9.77. The van der Waals surface area contributed by atoms with Crippen LogP contribution in [-0.4, -0.2) is 21.6 Å². The summed E-state index contributed by atoms with van der Waals surface area (Å²) in [7, 11) is 0. The molecule has 1 aromatic heterocycles. The first-order valence-electron chi connectivity index (χ1n) is 14.1. The third kappa shape index (κ3) is 4.79. The second-order valence-corrected chi connectivity index (χ2v) is 10.8. The molecule has 0 saturated heterocycles. The summed E-state index contributed by atoms with van der Waals surface area (Å²) in [5.74, 6) is -0.905. The molecule has 5 aromatic rings. The number of nitrogens with zero attached hydrogens (tertiary/aromatic N) is 3. The van der Waals surface area contributed by atoms with E-state index in [2.05, 4.69) is 0 Å². The fourth-order valence-corrected chi connectivity index (χ4v) is 6.15. The molecule has 1 aliphatic heterocycles. The minimum Gasteiger partial charge on any atom is -0.267 e. The quantitative estimate of drug-likeness (QED) is 0.223. The zero-order chi connectivity index (χ0) is 28.6. The molecule has 2 atom stereocenters. The summed E-state index contributed by atoms with van der Waals surface area (Å²) in [6, 6.07) is 31.6. The van der Waals surface area contributed by atoms with Crippen molar-refractivity contribution in [2.45, 2.75) is 25.3 Å². The first-order valence-corrected chi connectivity index (χ1v) is 14.1. The zero-order valence-corrected chi connectivity index (χ0v) is 22.8. The summed E-state index contributed by atoms with van der Waals surface area (Å²) in [5, 5.41) is 7.35. The lowest BCUT2D eigenvalue weighted by Crippen LogP contribution is -2.32. The van der Waals surface area contributed by atoms with Gasteiger partial charge in [-0.05, 0) is 78.4 Å². The minimum atomic E-state index is -0.392. The maximum atomic E-state index is 14.6. The van der Waals surface area contributed by atoms with Crippen LogP contribution in [0.5, 0.6) is 0 Å². The second kappa shape index (κ2) is 10.8. The molecule has 0 radical (unpaired) electrons. The van der Waals surface area contributed by atoms with E-state index in [1.165, 1.54) is 24.3 Å². The van der Waals surface area contributed by atoms with Crippen LogP contribution in [0.25, 0.3) is 28.2 Å².